The first-order valence-corrected chi connectivity index (χ1v) is 7.17. The number of nitrogens with two attached hydrogens (primary N) is 1. The minimum Gasteiger partial charge on any atom is -0.329 e. The van der Waals surface area contributed by atoms with Crippen LogP contribution in [-0.4, -0.2) is 18.0 Å². The van der Waals surface area contributed by atoms with E-state index < -0.39 is 0 Å². The van der Waals surface area contributed by atoms with Gasteiger partial charge in [0.05, 0.1) is 0 Å². The lowest BCUT2D eigenvalue weighted by atomic mass is 10.2. The average Bonchev–Trinajstić information content (AvgIpc) is 2.77. The van der Waals surface area contributed by atoms with E-state index in [9.17, 15) is 0 Å². The van der Waals surface area contributed by atoms with Crippen LogP contribution in [0, 0.1) is 6.92 Å². The second-order valence-corrected chi connectivity index (χ2v) is 5.51. The van der Waals surface area contributed by atoms with Crippen LogP contribution in [-0.2, 0) is 13.1 Å². The minimum absolute atomic E-state index is 0.706. The third-order valence-corrected chi connectivity index (χ3v) is 4.04. The van der Waals surface area contributed by atoms with Gasteiger partial charge in [0.2, 0.25) is 0 Å². The van der Waals surface area contributed by atoms with Gasteiger partial charge in [-0.2, -0.15) is 0 Å². The van der Waals surface area contributed by atoms with Crippen molar-refractivity contribution in [3.8, 4) is 0 Å². The summed E-state index contributed by atoms with van der Waals surface area (Å²) < 4.78 is 0. The largest absolute Gasteiger partial charge is 0.329 e. The first kappa shape index (κ1) is 13.3. The van der Waals surface area contributed by atoms with Crippen LogP contribution in [0.4, 0.5) is 0 Å². The summed E-state index contributed by atoms with van der Waals surface area (Å²) in [6.07, 6.45) is 0. The fraction of sp³-hybridized carbons (Fsp3) is 0.333. The Morgan fingerprint density at radius 2 is 1.89 bits per heavy atom. The van der Waals surface area contributed by atoms with E-state index in [4.69, 9.17) is 5.73 Å². The van der Waals surface area contributed by atoms with Crippen molar-refractivity contribution in [1.29, 1.82) is 0 Å². The number of benzene rings is 1. The molecule has 0 aliphatic carbocycles. The summed E-state index contributed by atoms with van der Waals surface area (Å²) in [5.74, 6) is 0. The molecule has 2 nitrogen and oxygen atoms in total. The summed E-state index contributed by atoms with van der Waals surface area (Å²) >= 11 is 1.83. The van der Waals surface area contributed by atoms with Crippen molar-refractivity contribution in [3.63, 3.8) is 0 Å². The maximum Gasteiger partial charge on any atom is 0.0334 e. The SMILES string of the molecule is Cc1ccsc1CN(CCN)Cc1ccccc1. The highest BCUT2D eigenvalue weighted by Crippen LogP contribution is 2.18. The third kappa shape index (κ3) is 3.67. The van der Waals surface area contributed by atoms with Gasteiger partial charge in [0.15, 0.2) is 0 Å². The standard InChI is InChI=1S/C15H20N2S/c1-13-7-10-18-15(13)12-17(9-8-16)11-14-5-3-2-4-6-14/h2-7,10H,8-9,11-12,16H2,1H3. The number of hydrogen-bond acceptors (Lipinski definition) is 3. The molecule has 1 aromatic carbocycles. The zero-order chi connectivity index (χ0) is 12.8. The summed E-state index contributed by atoms with van der Waals surface area (Å²) in [5, 5.41) is 2.16. The van der Waals surface area contributed by atoms with Gasteiger partial charge >= 0.3 is 0 Å². The molecule has 0 atom stereocenters. The van der Waals surface area contributed by atoms with E-state index in [2.05, 4.69) is 53.6 Å². The van der Waals surface area contributed by atoms with Crippen molar-refractivity contribution < 1.29 is 0 Å². The van der Waals surface area contributed by atoms with Gasteiger partial charge in [0.25, 0.3) is 0 Å². The molecular formula is C15H20N2S. The van der Waals surface area contributed by atoms with E-state index in [1.165, 1.54) is 16.0 Å². The van der Waals surface area contributed by atoms with E-state index >= 15 is 0 Å². The Morgan fingerprint density at radius 3 is 2.50 bits per heavy atom. The Balaban J connectivity index is 2.02. The van der Waals surface area contributed by atoms with Crippen LogP contribution in [0.25, 0.3) is 0 Å². The first-order valence-electron chi connectivity index (χ1n) is 6.29. The lowest BCUT2D eigenvalue weighted by Gasteiger charge is -2.21. The smallest absolute Gasteiger partial charge is 0.0334 e. The van der Waals surface area contributed by atoms with Crippen molar-refractivity contribution in [3.05, 3.63) is 57.8 Å². The summed E-state index contributed by atoms with van der Waals surface area (Å²) in [4.78, 5) is 3.85. The highest BCUT2D eigenvalue weighted by molar-refractivity contribution is 7.10. The molecule has 0 radical (unpaired) electrons. The molecule has 2 N–H and O–H groups in total. The minimum atomic E-state index is 0.706. The van der Waals surface area contributed by atoms with Crippen molar-refractivity contribution >= 4 is 11.3 Å². The van der Waals surface area contributed by atoms with Crippen LogP contribution in [0.3, 0.4) is 0 Å². The number of nitrogens with zero attached hydrogens (tertiary/aromatic N) is 1. The van der Waals surface area contributed by atoms with Crippen molar-refractivity contribution in [2.24, 2.45) is 5.73 Å². The normalized spacial score (nSPS) is 11.1. The van der Waals surface area contributed by atoms with E-state index in [1.54, 1.807) is 0 Å². The van der Waals surface area contributed by atoms with Gasteiger partial charge in [-0.15, -0.1) is 11.3 Å². The molecule has 0 saturated heterocycles. The molecule has 0 bridgehead atoms. The maximum absolute atomic E-state index is 5.71. The van der Waals surface area contributed by atoms with Crippen LogP contribution < -0.4 is 5.73 Å². The molecule has 0 spiro atoms. The summed E-state index contributed by atoms with van der Waals surface area (Å²) in [7, 11) is 0. The summed E-state index contributed by atoms with van der Waals surface area (Å²) in [5.41, 5.74) is 8.44. The quantitative estimate of drug-likeness (QED) is 0.865. The molecule has 0 aliphatic heterocycles. The van der Waals surface area contributed by atoms with E-state index in [-0.39, 0.29) is 0 Å². The Morgan fingerprint density at radius 1 is 1.11 bits per heavy atom. The molecule has 1 heterocycles. The zero-order valence-corrected chi connectivity index (χ0v) is 11.6. The molecule has 0 unspecified atom stereocenters. The Labute approximate surface area is 113 Å². The van der Waals surface area contributed by atoms with Gasteiger partial charge in [-0.1, -0.05) is 30.3 Å². The monoisotopic (exact) mass is 260 g/mol. The van der Waals surface area contributed by atoms with E-state index in [1.807, 2.05) is 11.3 Å². The van der Waals surface area contributed by atoms with Gasteiger partial charge < -0.3 is 5.73 Å². The van der Waals surface area contributed by atoms with E-state index in [0.29, 0.717) is 6.54 Å². The average molecular weight is 260 g/mol. The van der Waals surface area contributed by atoms with Crippen LogP contribution in [0.1, 0.15) is 16.0 Å². The van der Waals surface area contributed by atoms with Gasteiger partial charge in [-0.3, -0.25) is 4.90 Å². The van der Waals surface area contributed by atoms with Crippen molar-refractivity contribution in [2.75, 3.05) is 13.1 Å². The predicted molar refractivity (Wildman–Crippen MR) is 78.7 cm³/mol. The predicted octanol–water partition coefficient (Wildman–Crippen LogP) is 3.02. The molecule has 0 amide bonds. The highest BCUT2D eigenvalue weighted by atomic mass is 32.1. The molecule has 3 heteroatoms. The van der Waals surface area contributed by atoms with Crippen LogP contribution in [0.5, 0.6) is 0 Å². The number of hydrogen-bond donors (Lipinski definition) is 1. The lowest BCUT2D eigenvalue weighted by Crippen LogP contribution is -2.28. The van der Waals surface area contributed by atoms with Gasteiger partial charge in [-0.05, 0) is 29.5 Å². The summed E-state index contributed by atoms with van der Waals surface area (Å²) in [6.45, 7) is 5.78. The summed E-state index contributed by atoms with van der Waals surface area (Å²) in [6, 6.07) is 12.8. The molecular weight excluding hydrogens is 240 g/mol. The number of rotatable bonds is 6. The third-order valence-electron chi connectivity index (χ3n) is 3.03. The van der Waals surface area contributed by atoms with Gasteiger partial charge in [-0.25, -0.2) is 0 Å². The van der Waals surface area contributed by atoms with Crippen LogP contribution in [0.15, 0.2) is 41.8 Å². The first-order chi connectivity index (χ1) is 8.79. The second kappa shape index (κ2) is 6.69. The molecule has 0 aliphatic rings. The highest BCUT2D eigenvalue weighted by Gasteiger charge is 2.08. The maximum atomic E-state index is 5.71. The number of aryl methyl sites for hydroxylation is 1. The zero-order valence-electron chi connectivity index (χ0n) is 10.8. The van der Waals surface area contributed by atoms with Crippen LogP contribution >= 0.6 is 11.3 Å². The van der Waals surface area contributed by atoms with Gasteiger partial charge in [0.1, 0.15) is 0 Å². The molecule has 1 aromatic heterocycles. The Bertz CT molecular complexity index is 464. The Hall–Kier alpha value is -1.16. The molecule has 0 saturated carbocycles. The second-order valence-electron chi connectivity index (χ2n) is 4.51. The Kier molecular flexibility index (Phi) is 4.93. The van der Waals surface area contributed by atoms with Crippen molar-refractivity contribution in [2.45, 2.75) is 20.0 Å². The number of thiophene rings is 1. The van der Waals surface area contributed by atoms with Crippen molar-refractivity contribution in [1.82, 2.24) is 4.90 Å². The van der Waals surface area contributed by atoms with Crippen LogP contribution in [0.2, 0.25) is 0 Å². The fourth-order valence-electron chi connectivity index (χ4n) is 2.01. The topological polar surface area (TPSA) is 29.3 Å². The molecule has 96 valence electrons. The molecule has 2 rings (SSSR count). The lowest BCUT2D eigenvalue weighted by molar-refractivity contribution is 0.266. The van der Waals surface area contributed by atoms with E-state index in [0.717, 1.165) is 19.6 Å². The van der Waals surface area contributed by atoms with Gasteiger partial charge in [0, 0.05) is 31.1 Å². The molecule has 2 aromatic rings. The molecule has 18 heavy (non-hydrogen) atoms. The molecule has 0 fully saturated rings. The fourth-order valence-corrected chi connectivity index (χ4v) is 2.95.